The summed E-state index contributed by atoms with van der Waals surface area (Å²) in [6, 6.07) is 2.63. The van der Waals surface area contributed by atoms with Gasteiger partial charge < -0.3 is 25.1 Å². The first kappa shape index (κ1) is 39.1. The van der Waals surface area contributed by atoms with E-state index in [0.717, 1.165) is 37.7 Å². The fourth-order valence-electron chi connectivity index (χ4n) is 7.14. The minimum absolute atomic E-state index is 0.0454. The molecule has 1 aliphatic carbocycles. The average Bonchev–Trinajstić information content (AvgIpc) is 3.58. The number of rotatable bonds is 14. The molecule has 1 unspecified atom stereocenters. The summed E-state index contributed by atoms with van der Waals surface area (Å²) in [5, 5.41) is 8.05. The molecule has 0 spiro atoms. The van der Waals surface area contributed by atoms with Crippen LogP contribution in [0.5, 0.6) is 0 Å². The summed E-state index contributed by atoms with van der Waals surface area (Å²) in [7, 11) is 3.66. The lowest BCUT2D eigenvalue weighted by Crippen LogP contribution is -2.58. The van der Waals surface area contributed by atoms with E-state index in [2.05, 4.69) is 15.6 Å². The zero-order valence-corrected chi connectivity index (χ0v) is 31.1. The second-order valence-electron chi connectivity index (χ2n) is 14.2. The lowest BCUT2D eigenvalue weighted by Gasteiger charge is -2.38. The van der Waals surface area contributed by atoms with Gasteiger partial charge in [0.15, 0.2) is 6.10 Å². The predicted molar refractivity (Wildman–Crippen MR) is 189 cm³/mol. The fraction of sp³-hybridized carbons (Fsp3) is 0.622. The highest BCUT2D eigenvalue weighted by Gasteiger charge is 2.37. The Morgan fingerprint density at radius 3 is 2.58 bits per heavy atom. The van der Waals surface area contributed by atoms with Crippen molar-refractivity contribution in [2.75, 3.05) is 20.6 Å². The number of fused-ring (bicyclic) bond motifs is 1. The van der Waals surface area contributed by atoms with E-state index in [1.807, 2.05) is 39.6 Å². The molecule has 1 aromatic carbocycles. The maximum absolute atomic E-state index is 14.1. The Morgan fingerprint density at radius 2 is 1.94 bits per heavy atom. The van der Waals surface area contributed by atoms with Crippen molar-refractivity contribution >= 4 is 41.3 Å². The van der Waals surface area contributed by atoms with Crippen molar-refractivity contribution in [1.82, 2.24) is 25.4 Å². The number of benzene rings is 1. The van der Waals surface area contributed by atoms with E-state index in [9.17, 15) is 28.4 Å². The molecule has 0 radical (unpaired) electrons. The van der Waals surface area contributed by atoms with Gasteiger partial charge in [-0.15, -0.1) is 11.3 Å². The zero-order valence-electron chi connectivity index (χ0n) is 30.2. The van der Waals surface area contributed by atoms with Crippen LogP contribution in [-0.4, -0.2) is 89.6 Å². The topological polar surface area (TPSA) is 138 Å². The van der Waals surface area contributed by atoms with Gasteiger partial charge in [-0.1, -0.05) is 46.6 Å². The van der Waals surface area contributed by atoms with Crippen molar-refractivity contribution in [2.24, 2.45) is 11.8 Å². The Bertz CT molecular complexity index is 1530. The van der Waals surface area contributed by atoms with Gasteiger partial charge in [0.25, 0.3) is 5.91 Å². The number of likely N-dealkylation sites (tertiary alicyclic amines) is 1. The van der Waals surface area contributed by atoms with Crippen molar-refractivity contribution in [3.63, 3.8) is 0 Å². The number of hydrogen-bond donors (Lipinski definition) is 2. The summed E-state index contributed by atoms with van der Waals surface area (Å²) in [4.78, 5) is 73.2. The Hall–Kier alpha value is -3.71. The summed E-state index contributed by atoms with van der Waals surface area (Å²) >= 11 is 1.19. The van der Waals surface area contributed by atoms with Gasteiger partial charge in [-0.05, 0) is 74.4 Å². The number of aromatic nitrogens is 1. The summed E-state index contributed by atoms with van der Waals surface area (Å²) in [5.74, 6) is -2.40. The van der Waals surface area contributed by atoms with Gasteiger partial charge >= 0.3 is 5.97 Å². The summed E-state index contributed by atoms with van der Waals surface area (Å²) in [5.41, 5.74) is 1.60. The van der Waals surface area contributed by atoms with E-state index in [0.29, 0.717) is 29.8 Å². The molecule has 1 aliphatic heterocycles. The number of piperidine rings is 1. The van der Waals surface area contributed by atoms with Gasteiger partial charge in [0.1, 0.15) is 28.8 Å². The second kappa shape index (κ2) is 17.5. The minimum Gasteiger partial charge on any atom is -0.455 e. The molecular weight excluding hydrogens is 662 g/mol. The van der Waals surface area contributed by atoms with Crippen molar-refractivity contribution in [2.45, 2.75) is 116 Å². The third-order valence-corrected chi connectivity index (χ3v) is 11.2. The molecule has 1 fully saturated rings. The first-order valence-electron chi connectivity index (χ1n) is 17.7. The van der Waals surface area contributed by atoms with Crippen molar-refractivity contribution in [3.05, 3.63) is 51.2 Å². The molecule has 1 saturated heterocycles. The van der Waals surface area contributed by atoms with Crippen LogP contribution in [0.25, 0.3) is 0 Å². The maximum Gasteiger partial charge on any atom is 0.303 e. The van der Waals surface area contributed by atoms with Crippen LogP contribution in [0.4, 0.5) is 4.39 Å². The van der Waals surface area contributed by atoms with Crippen LogP contribution in [0.3, 0.4) is 0 Å². The number of aldehydes is 1. The number of carbonyl (C=O) groups is 5. The number of carbonyl (C=O) groups excluding carboxylic acids is 5. The molecule has 2 aromatic rings. The first-order valence-corrected chi connectivity index (χ1v) is 18.6. The number of likely N-dealkylation sites (N-methyl/N-ethyl adjacent to an activating group) is 2. The molecular formula is C37H52FN5O6S. The maximum atomic E-state index is 14.1. The van der Waals surface area contributed by atoms with Gasteiger partial charge in [-0.2, -0.15) is 0 Å². The van der Waals surface area contributed by atoms with Gasteiger partial charge in [0, 0.05) is 43.8 Å². The Kier molecular flexibility index (Phi) is 13.7. The summed E-state index contributed by atoms with van der Waals surface area (Å²) < 4.78 is 19.6. The minimum atomic E-state index is -0.829. The number of nitrogens with zero attached hydrogens (tertiary/aromatic N) is 3. The number of esters is 1. The highest BCUT2D eigenvalue weighted by molar-refractivity contribution is 7.09. The number of nitrogens with one attached hydrogen (secondary N) is 2. The molecule has 11 nitrogen and oxygen atoms in total. The highest BCUT2D eigenvalue weighted by Crippen LogP contribution is 2.33. The van der Waals surface area contributed by atoms with Gasteiger partial charge in [0.05, 0.1) is 6.04 Å². The molecule has 50 heavy (non-hydrogen) atoms. The molecule has 0 bridgehead atoms. The van der Waals surface area contributed by atoms with Crippen LogP contribution in [-0.2, 0) is 30.3 Å². The quantitative estimate of drug-likeness (QED) is 0.211. The average molecular weight is 714 g/mol. The van der Waals surface area contributed by atoms with E-state index in [4.69, 9.17) is 4.74 Å². The van der Waals surface area contributed by atoms with E-state index >= 15 is 0 Å². The molecule has 7 atom stereocenters. The molecule has 13 heteroatoms. The summed E-state index contributed by atoms with van der Waals surface area (Å²) in [6.07, 6.45) is 4.43. The number of ether oxygens (including phenoxy) is 1. The molecule has 2 heterocycles. The lowest BCUT2D eigenvalue weighted by molar-refractivity contribution is -0.149. The van der Waals surface area contributed by atoms with Crippen molar-refractivity contribution in [1.29, 1.82) is 0 Å². The first-order chi connectivity index (χ1) is 23.7. The van der Waals surface area contributed by atoms with E-state index in [-0.39, 0.29) is 53.9 Å². The van der Waals surface area contributed by atoms with Gasteiger partial charge in [-0.3, -0.25) is 24.1 Å². The third kappa shape index (κ3) is 9.54. The van der Waals surface area contributed by atoms with Crippen LogP contribution in [0.15, 0.2) is 23.6 Å². The SMILES string of the molecule is CC[C@H](C)[C@H](NC(=O)[C@H]1CCCCN1C)C(=O)N(C)C(C[C@@H](OC(C)=O)c1nc(C(=O)N[C@H]2Cc3ccc(F)cc3[C@H](C=O)C2)cs1)C(C)C. The Labute approximate surface area is 298 Å². The molecule has 1 aromatic heterocycles. The molecule has 274 valence electrons. The number of thiazole rings is 1. The van der Waals surface area contributed by atoms with E-state index in [1.54, 1.807) is 23.4 Å². The van der Waals surface area contributed by atoms with E-state index in [1.165, 1.54) is 30.4 Å². The Balaban J connectivity index is 1.49. The fourth-order valence-corrected chi connectivity index (χ4v) is 7.97. The third-order valence-electron chi connectivity index (χ3n) is 10.3. The summed E-state index contributed by atoms with van der Waals surface area (Å²) in [6.45, 7) is 10.1. The molecule has 4 rings (SSSR count). The highest BCUT2D eigenvalue weighted by atomic mass is 32.1. The lowest BCUT2D eigenvalue weighted by atomic mass is 9.81. The smallest absolute Gasteiger partial charge is 0.303 e. The normalized spacial score (nSPS) is 21.7. The molecule has 0 saturated carbocycles. The van der Waals surface area contributed by atoms with Crippen LogP contribution < -0.4 is 10.6 Å². The zero-order chi connectivity index (χ0) is 36.7. The van der Waals surface area contributed by atoms with Gasteiger partial charge in [0.2, 0.25) is 11.8 Å². The largest absolute Gasteiger partial charge is 0.455 e. The number of hydrogen-bond acceptors (Lipinski definition) is 9. The Morgan fingerprint density at radius 1 is 1.20 bits per heavy atom. The van der Waals surface area contributed by atoms with Crippen LogP contribution >= 0.6 is 11.3 Å². The van der Waals surface area contributed by atoms with Crippen molar-refractivity contribution in [3.8, 4) is 0 Å². The predicted octanol–water partition coefficient (Wildman–Crippen LogP) is 4.80. The number of amides is 3. The molecule has 3 amide bonds. The van der Waals surface area contributed by atoms with Crippen LogP contribution in [0.1, 0.15) is 112 Å². The monoisotopic (exact) mass is 713 g/mol. The van der Waals surface area contributed by atoms with Crippen LogP contribution in [0.2, 0.25) is 0 Å². The molecule has 2 aliphatic rings. The standard InChI is InChI=1S/C37H52FN5O6S/c1-8-22(4)33(41-35(47)30-11-9-10-14-42(30)6)37(48)43(7)31(21(2)3)18-32(49-23(5)45)36-40-29(20-50-36)34(46)39-27-15-24-12-13-26(38)17-28(24)25(16-27)19-44/h12-13,17,19-22,25,27,30-33H,8-11,14-16,18H2,1-7H3,(H,39,46)(H,41,47)/t22-,25-,27-,30+,31?,32+,33-/m0/s1. The van der Waals surface area contributed by atoms with Gasteiger partial charge in [-0.25, -0.2) is 9.37 Å². The number of halogens is 1. The molecule has 2 N–H and O–H groups in total. The van der Waals surface area contributed by atoms with E-state index < -0.39 is 35.8 Å². The van der Waals surface area contributed by atoms with Crippen LogP contribution in [0, 0.1) is 17.7 Å². The second-order valence-corrected chi connectivity index (χ2v) is 15.1. The van der Waals surface area contributed by atoms with Crippen molar-refractivity contribution < 1.29 is 33.1 Å².